The number of carbonyl (C=O) groups is 1. The highest BCUT2D eigenvalue weighted by Gasteiger charge is 2.45. The topological polar surface area (TPSA) is 147 Å². The number of benzene rings is 2. The fourth-order valence-electron chi connectivity index (χ4n) is 4.11. The number of amides is 1. The molecule has 188 valence electrons. The van der Waals surface area contributed by atoms with E-state index in [4.69, 9.17) is 5.90 Å². The third-order valence-electron chi connectivity index (χ3n) is 5.84. The first-order valence-corrected chi connectivity index (χ1v) is 13.7. The van der Waals surface area contributed by atoms with Gasteiger partial charge in [0.25, 0.3) is 20.2 Å². The summed E-state index contributed by atoms with van der Waals surface area (Å²) in [5.41, 5.74) is 1.90. The Labute approximate surface area is 205 Å². The third-order valence-corrected chi connectivity index (χ3v) is 7.77. The van der Waals surface area contributed by atoms with E-state index in [1.165, 1.54) is 24.0 Å². The highest BCUT2D eigenvalue weighted by molar-refractivity contribution is 7.86. The van der Waals surface area contributed by atoms with Crippen molar-refractivity contribution in [3.05, 3.63) is 66.4 Å². The van der Waals surface area contributed by atoms with Crippen molar-refractivity contribution < 1.29 is 35.0 Å². The van der Waals surface area contributed by atoms with Crippen LogP contribution < -0.4 is 10.8 Å². The van der Waals surface area contributed by atoms with Gasteiger partial charge in [0.15, 0.2) is 5.71 Å². The molecule has 0 bridgehead atoms. The monoisotopic (exact) mass is 522 g/mol. The van der Waals surface area contributed by atoms with E-state index in [-0.39, 0.29) is 29.5 Å². The molecule has 0 unspecified atom stereocenters. The predicted molar refractivity (Wildman–Crippen MR) is 131 cm³/mol. The van der Waals surface area contributed by atoms with Gasteiger partial charge < -0.3 is 0 Å². The van der Waals surface area contributed by atoms with Gasteiger partial charge in [0.2, 0.25) is 11.6 Å². The lowest BCUT2D eigenvalue weighted by Crippen LogP contribution is -2.30. The largest absolute Gasteiger partial charge is 0.294 e. The first-order chi connectivity index (χ1) is 16.3. The zero-order valence-electron chi connectivity index (χ0n) is 19.6. The second-order valence-electron chi connectivity index (χ2n) is 8.57. The lowest BCUT2D eigenvalue weighted by molar-refractivity contribution is -0.437. The average molecular weight is 523 g/mol. The molecular formula is C23H28N3O7S2+. The van der Waals surface area contributed by atoms with Gasteiger partial charge in [0.05, 0.1) is 16.1 Å². The third kappa shape index (κ3) is 5.85. The van der Waals surface area contributed by atoms with Crippen LogP contribution in [-0.2, 0) is 34.7 Å². The molecular weight excluding hydrogens is 494 g/mol. The Morgan fingerprint density at radius 3 is 2.37 bits per heavy atom. The molecule has 0 fully saturated rings. The highest BCUT2D eigenvalue weighted by Crippen LogP contribution is 2.41. The summed E-state index contributed by atoms with van der Waals surface area (Å²) in [4.78, 5) is 13.6. The van der Waals surface area contributed by atoms with Crippen LogP contribution in [0.5, 0.6) is 0 Å². The number of rotatable bonds is 9. The molecule has 0 atom stereocenters. The summed E-state index contributed by atoms with van der Waals surface area (Å²) in [7, 11) is -8.31. The van der Waals surface area contributed by atoms with E-state index in [1.807, 2.05) is 36.6 Å². The van der Waals surface area contributed by atoms with Crippen LogP contribution in [0, 0.1) is 0 Å². The standard InChI is InChI=1S/C23H27N3O7S2/c1-17(27)25(18-8-5-4-6-9-18)14-12-22-23(2,3)20-16-19(35(30,31)32)10-11-21(20)26(22)13-7-15-34(28,29)33-24/h4-6,8-12,14,16H,7,13,15,24H2,1-3H3/p+1. The Balaban J connectivity index is 2.10. The first kappa shape index (κ1) is 26.7. The van der Waals surface area contributed by atoms with Gasteiger partial charge in [-0.25, -0.2) is 0 Å². The predicted octanol–water partition coefficient (Wildman–Crippen LogP) is 2.49. The van der Waals surface area contributed by atoms with Crippen LogP contribution in [0.15, 0.2) is 65.7 Å². The molecule has 2 aromatic carbocycles. The summed E-state index contributed by atoms with van der Waals surface area (Å²) in [6, 6.07) is 13.3. The number of fused-ring (bicyclic) bond motifs is 1. The maximum Gasteiger partial charge on any atom is 0.294 e. The summed E-state index contributed by atoms with van der Waals surface area (Å²) in [5, 5.41) is 0. The molecule has 0 spiro atoms. The maximum absolute atomic E-state index is 12.3. The van der Waals surface area contributed by atoms with E-state index in [2.05, 4.69) is 4.28 Å². The van der Waals surface area contributed by atoms with Crippen molar-refractivity contribution in [3.8, 4) is 0 Å². The highest BCUT2D eigenvalue weighted by atomic mass is 32.2. The van der Waals surface area contributed by atoms with E-state index in [0.29, 0.717) is 22.6 Å². The molecule has 3 N–H and O–H groups in total. The van der Waals surface area contributed by atoms with E-state index in [0.717, 1.165) is 0 Å². The number of anilines is 1. The van der Waals surface area contributed by atoms with Gasteiger partial charge >= 0.3 is 0 Å². The number of para-hydroxylation sites is 1. The summed E-state index contributed by atoms with van der Waals surface area (Å²) >= 11 is 0. The molecule has 35 heavy (non-hydrogen) atoms. The zero-order valence-corrected chi connectivity index (χ0v) is 21.2. The molecule has 0 radical (unpaired) electrons. The maximum atomic E-state index is 12.3. The molecule has 1 amide bonds. The minimum atomic E-state index is -4.43. The summed E-state index contributed by atoms with van der Waals surface area (Å²) in [5.74, 6) is 4.30. The van der Waals surface area contributed by atoms with Crippen LogP contribution in [0.2, 0.25) is 0 Å². The van der Waals surface area contributed by atoms with Crippen molar-refractivity contribution >= 4 is 43.2 Å². The summed E-state index contributed by atoms with van der Waals surface area (Å²) in [6.07, 6.45) is 3.54. The van der Waals surface area contributed by atoms with Gasteiger partial charge in [-0.15, -0.1) is 0 Å². The van der Waals surface area contributed by atoms with Crippen LogP contribution in [0.3, 0.4) is 0 Å². The van der Waals surface area contributed by atoms with E-state index in [1.54, 1.807) is 30.5 Å². The van der Waals surface area contributed by atoms with Crippen molar-refractivity contribution in [1.82, 2.24) is 0 Å². The van der Waals surface area contributed by atoms with Crippen LogP contribution in [-0.4, -0.2) is 49.9 Å². The Morgan fingerprint density at radius 2 is 1.80 bits per heavy atom. The second-order valence-corrected chi connectivity index (χ2v) is 11.7. The minimum Gasteiger partial charge on any atom is -0.288 e. The SMILES string of the molecule is CC(=O)N(/C=C/C1=[N+](CCCS(=O)(=O)ON)c2ccc(S(=O)(=O)O)cc2C1(C)C)c1ccccc1. The van der Waals surface area contributed by atoms with E-state index >= 15 is 0 Å². The number of nitrogens with two attached hydrogens (primary N) is 1. The Kier molecular flexibility index (Phi) is 7.62. The molecule has 3 rings (SSSR count). The van der Waals surface area contributed by atoms with Crippen LogP contribution in [0.4, 0.5) is 11.4 Å². The Bertz CT molecular complexity index is 1400. The number of hydrogen-bond donors (Lipinski definition) is 2. The number of nitrogens with zero attached hydrogens (tertiary/aromatic N) is 2. The molecule has 1 aliphatic heterocycles. The smallest absolute Gasteiger partial charge is 0.288 e. The van der Waals surface area contributed by atoms with Gasteiger partial charge in [0.1, 0.15) is 6.54 Å². The summed E-state index contributed by atoms with van der Waals surface area (Å²) < 4.78 is 62.4. The van der Waals surface area contributed by atoms with Crippen molar-refractivity contribution in [2.75, 3.05) is 17.2 Å². The van der Waals surface area contributed by atoms with Crippen LogP contribution in [0.1, 0.15) is 32.8 Å². The van der Waals surface area contributed by atoms with Crippen molar-refractivity contribution in [1.29, 1.82) is 0 Å². The van der Waals surface area contributed by atoms with Gasteiger partial charge in [-0.05, 0) is 38.1 Å². The molecule has 10 nitrogen and oxygen atoms in total. The second kappa shape index (κ2) is 9.99. The Hall–Kier alpha value is -2.90. The quantitative estimate of drug-likeness (QED) is 0.290. The molecule has 1 heterocycles. The Morgan fingerprint density at radius 1 is 1.14 bits per heavy atom. The molecule has 1 aliphatic rings. The molecule has 12 heteroatoms. The number of allylic oxidation sites excluding steroid dienone is 1. The van der Waals surface area contributed by atoms with Gasteiger partial charge in [-0.2, -0.15) is 31.6 Å². The molecule has 0 aliphatic carbocycles. The fourth-order valence-corrected chi connectivity index (χ4v) is 5.20. The van der Waals surface area contributed by atoms with Crippen LogP contribution in [0.25, 0.3) is 0 Å². The lowest BCUT2D eigenvalue weighted by atomic mass is 9.81. The number of hydrogen-bond acceptors (Lipinski definition) is 7. The molecule has 0 aromatic heterocycles. The van der Waals surface area contributed by atoms with Crippen molar-refractivity contribution in [3.63, 3.8) is 0 Å². The van der Waals surface area contributed by atoms with E-state index < -0.39 is 25.7 Å². The van der Waals surface area contributed by atoms with Gasteiger partial charge in [-0.1, -0.05) is 18.2 Å². The number of carbonyl (C=O) groups excluding carboxylic acids is 1. The zero-order chi connectivity index (χ0) is 26.0. The molecule has 0 saturated heterocycles. The van der Waals surface area contributed by atoms with Crippen molar-refractivity contribution in [2.24, 2.45) is 5.90 Å². The minimum absolute atomic E-state index is 0.168. The fraction of sp³-hybridized carbons (Fsp3) is 0.304. The van der Waals surface area contributed by atoms with Crippen LogP contribution >= 0.6 is 0 Å². The average Bonchev–Trinajstić information content (AvgIpc) is 3.00. The summed E-state index contributed by atoms with van der Waals surface area (Å²) in [6.45, 7) is 5.43. The van der Waals surface area contributed by atoms with Crippen molar-refractivity contribution in [2.45, 2.75) is 37.5 Å². The molecule has 0 saturated carbocycles. The first-order valence-electron chi connectivity index (χ1n) is 10.7. The van der Waals surface area contributed by atoms with Gasteiger partial charge in [-0.3, -0.25) is 14.2 Å². The molecule has 2 aromatic rings. The van der Waals surface area contributed by atoms with E-state index in [9.17, 15) is 26.2 Å². The normalized spacial score (nSPS) is 15.5. The lowest BCUT2D eigenvalue weighted by Gasteiger charge is -2.19. The van der Waals surface area contributed by atoms with Gasteiger partial charge in [0, 0.05) is 42.9 Å².